The molecule has 3 nitrogen and oxygen atoms in total. The first-order valence-electron chi connectivity index (χ1n) is 6.22. The van der Waals surface area contributed by atoms with Gasteiger partial charge < -0.3 is 10.1 Å². The molecule has 4 heteroatoms. The quantitative estimate of drug-likeness (QED) is 0.761. The molecule has 0 aliphatic carbocycles. The number of methoxy groups -OCH3 is 1. The number of fused-ring (bicyclic) bond motifs is 1. The summed E-state index contributed by atoms with van der Waals surface area (Å²) in [4.78, 5) is 4.33. The molecular formula is C16H13ClN2O. The zero-order chi connectivity index (χ0) is 13.9. The highest BCUT2D eigenvalue weighted by Gasteiger charge is 2.06. The molecule has 3 rings (SSSR count). The Bertz CT molecular complexity index is 758. The van der Waals surface area contributed by atoms with Gasteiger partial charge in [-0.25, -0.2) is 0 Å². The first kappa shape index (κ1) is 12.8. The number of ether oxygens (including phenoxy) is 1. The van der Waals surface area contributed by atoms with E-state index in [4.69, 9.17) is 16.3 Å². The van der Waals surface area contributed by atoms with Crippen LogP contribution in [0, 0.1) is 0 Å². The number of hydrogen-bond acceptors (Lipinski definition) is 3. The Kier molecular flexibility index (Phi) is 3.44. The Labute approximate surface area is 122 Å². The van der Waals surface area contributed by atoms with Gasteiger partial charge in [0, 0.05) is 22.3 Å². The van der Waals surface area contributed by atoms with Gasteiger partial charge in [-0.15, -0.1) is 0 Å². The molecule has 0 bridgehead atoms. The highest BCUT2D eigenvalue weighted by atomic mass is 35.5. The highest BCUT2D eigenvalue weighted by Crippen LogP contribution is 2.31. The van der Waals surface area contributed by atoms with E-state index < -0.39 is 0 Å². The molecule has 1 N–H and O–H groups in total. The summed E-state index contributed by atoms with van der Waals surface area (Å²) in [7, 11) is 1.66. The van der Waals surface area contributed by atoms with E-state index in [1.54, 1.807) is 13.3 Å². The van der Waals surface area contributed by atoms with Gasteiger partial charge in [0.05, 0.1) is 18.3 Å². The van der Waals surface area contributed by atoms with E-state index in [-0.39, 0.29) is 0 Å². The fourth-order valence-electron chi connectivity index (χ4n) is 2.12. The molecule has 1 heterocycles. The van der Waals surface area contributed by atoms with Crippen LogP contribution >= 0.6 is 11.6 Å². The van der Waals surface area contributed by atoms with Crippen molar-refractivity contribution < 1.29 is 4.74 Å². The number of para-hydroxylation sites is 2. The summed E-state index contributed by atoms with van der Waals surface area (Å²) in [6.07, 6.45) is 1.76. The zero-order valence-corrected chi connectivity index (χ0v) is 11.7. The van der Waals surface area contributed by atoms with Crippen molar-refractivity contribution in [2.45, 2.75) is 0 Å². The molecule has 2 aromatic carbocycles. The maximum Gasteiger partial charge on any atom is 0.142 e. The van der Waals surface area contributed by atoms with Crippen molar-refractivity contribution in [3.63, 3.8) is 0 Å². The number of nitrogens with zero attached hydrogens (tertiary/aromatic N) is 1. The molecule has 0 fully saturated rings. The number of rotatable bonds is 3. The van der Waals surface area contributed by atoms with Gasteiger partial charge in [-0.05, 0) is 36.4 Å². The molecule has 0 atom stereocenters. The second-order valence-corrected chi connectivity index (χ2v) is 4.78. The van der Waals surface area contributed by atoms with Crippen LogP contribution in [0.4, 0.5) is 11.4 Å². The highest BCUT2D eigenvalue weighted by molar-refractivity contribution is 6.31. The second-order valence-electron chi connectivity index (χ2n) is 4.35. The van der Waals surface area contributed by atoms with Gasteiger partial charge in [-0.3, -0.25) is 4.98 Å². The largest absolute Gasteiger partial charge is 0.495 e. The Balaban J connectivity index is 2.07. The second kappa shape index (κ2) is 5.39. The molecule has 0 radical (unpaired) electrons. The summed E-state index contributed by atoms with van der Waals surface area (Å²) < 4.78 is 5.35. The van der Waals surface area contributed by atoms with Crippen LogP contribution in [0.1, 0.15) is 0 Å². The van der Waals surface area contributed by atoms with Crippen molar-refractivity contribution in [1.29, 1.82) is 0 Å². The van der Waals surface area contributed by atoms with E-state index in [1.165, 1.54) is 0 Å². The zero-order valence-electron chi connectivity index (χ0n) is 10.9. The lowest BCUT2D eigenvalue weighted by atomic mass is 10.2. The molecule has 0 saturated carbocycles. The monoisotopic (exact) mass is 284 g/mol. The first-order valence-corrected chi connectivity index (χ1v) is 6.60. The average molecular weight is 285 g/mol. The van der Waals surface area contributed by atoms with Gasteiger partial charge in [0.2, 0.25) is 0 Å². The van der Waals surface area contributed by atoms with E-state index in [9.17, 15) is 0 Å². The van der Waals surface area contributed by atoms with Crippen molar-refractivity contribution in [2.24, 2.45) is 0 Å². The fraction of sp³-hybridized carbons (Fsp3) is 0.0625. The molecule has 0 amide bonds. The molecule has 0 unspecified atom stereocenters. The van der Waals surface area contributed by atoms with E-state index in [0.29, 0.717) is 5.02 Å². The van der Waals surface area contributed by atoms with E-state index in [2.05, 4.69) is 10.3 Å². The Morgan fingerprint density at radius 2 is 1.90 bits per heavy atom. The Morgan fingerprint density at radius 1 is 1.05 bits per heavy atom. The van der Waals surface area contributed by atoms with Crippen LogP contribution in [0.2, 0.25) is 5.02 Å². The third kappa shape index (κ3) is 2.40. The van der Waals surface area contributed by atoms with Gasteiger partial charge >= 0.3 is 0 Å². The topological polar surface area (TPSA) is 34.1 Å². The first-order chi connectivity index (χ1) is 9.78. The van der Waals surface area contributed by atoms with Crippen LogP contribution in [0.15, 0.2) is 54.7 Å². The number of nitrogens with one attached hydrogen (secondary N) is 1. The predicted molar refractivity (Wildman–Crippen MR) is 83.0 cm³/mol. The number of halogens is 1. The van der Waals surface area contributed by atoms with E-state index in [0.717, 1.165) is 28.0 Å². The summed E-state index contributed by atoms with van der Waals surface area (Å²) in [5, 5.41) is 5.07. The van der Waals surface area contributed by atoms with Gasteiger partial charge in [0.25, 0.3) is 0 Å². The standard InChI is InChI=1S/C16H13ClN2O/c1-20-16-5-3-2-4-14(16)19-13-8-9-18-15-10-11(17)6-7-12(13)15/h2-10H,1H3,(H,18,19). The Morgan fingerprint density at radius 3 is 2.75 bits per heavy atom. The number of aromatic nitrogens is 1. The minimum Gasteiger partial charge on any atom is -0.495 e. The van der Waals surface area contributed by atoms with Crippen molar-refractivity contribution >= 4 is 33.9 Å². The van der Waals surface area contributed by atoms with E-state index >= 15 is 0 Å². The molecule has 3 aromatic rings. The predicted octanol–water partition coefficient (Wildman–Crippen LogP) is 4.64. The molecule has 100 valence electrons. The third-order valence-electron chi connectivity index (χ3n) is 3.08. The summed E-state index contributed by atoms with van der Waals surface area (Å²) >= 11 is 6.00. The summed E-state index contributed by atoms with van der Waals surface area (Å²) in [5.74, 6) is 0.798. The molecule has 1 aromatic heterocycles. The molecule has 0 saturated heterocycles. The fourth-order valence-corrected chi connectivity index (χ4v) is 2.29. The number of hydrogen-bond donors (Lipinski definition) is 1. The molecule has 0 aliphatic heterocycles. The van der Waals surface area contributed by atoms with Gasteiger partial charge in [0.15, 0.2) is 0 Å². The maximum atomic E-state index is 6.00. The lowest BCUT2D eigenvalue weighted by Crippen LogP contribution is -1.95. The number of anilines is 2. The van der Waals surface area contributed by atoms with Crippen molar-refractivity contribution in [1.82, 2.24) is 4.98 Å². The average Bonchev–Trinajstić information content (AvgIpc) is 2.47. The van der Waals surface area contributed by atoms with Gasteiger partial charge in [-0.2, -0.15) is 0 Å². The van der Waals surface area contributed by atoms with E-state index in [1.807, 2.05) is 48.5 Å². The number of pyridine rings is 1. The van der Waals surface area contributed by atoms with Crippen LogP contribution in [0.5, 0.6) is 5.75 Å². The minimum absolute atomic E-state index is 0.680. The summed E-state index contributed by atoms with van der Waals surface area (Å²) in [6, 6.07) is 15.4. The van der Waals surface area contributed by atoms with Crippen LogP contribution in [0.3, 0.4) is 0 Å². The molecular weight excluding hydrogens is 272 g/mol. The SMILES string of the molecule is COc1ccccc1Nc1ccnc2cc(Cl)ccc12. The third-order valence-corrected chi connectivity index (χ3v) is 3.32. The minimum atomic E-state index is 0.680. The summed E-state index contributed by atoms with van der Waals surface area (Å²) in [6.45, 7) is 0. The normalized spacial score (nSPS) is 10.5. The maximum absolute atomic E-state index is 6.00. The van der Waals surface area contributed by atoms with Gasteiger partial charge in [0.1, 0.15) is 5.75 Å². The Hall–Kier alpha value is -2.26. The lowest BCUT2D eigenvalue weighted by molar-refractivity contribution is 0.417. The van der Waals surface area contributed by atoms with Crippen LogP contribution in [-0.4, -0.2) is 12.1 Å². The number of benzene rings is 2. The molecule has 20 heavy (non-hydrogen) atoms. The van der Waals surface area contributed by atoms with Crippen molar-refractivity contribution in [3.8, 4) is 5.75 Å². The molecule has 0 aliphatic rings. The van der Waals surface area contributed by atoms with Crippen molar-refractivity contribution in [3.05, 3.63) is 59.8 Å². The van der Waals surface area contributed by atoms with Crippen molar-refractivity contribution in [2.75, 3.05) is 12.4 Å². The molecule has 0 spiro atoms. The van der Waals surface area contributed by atoms with Crippen LogP contribution in [0.25, 0.3) is 10.9 Å². The van der Waals surface area contributed by atoms with Crippen LogP contribution in [-0.2, 0) is 0 Å². The van der Waals surface area contributed by atoms with Gasteiger partial charge in [-0.1, -0.05) is 23.7 Å². The summed E-state index contributed by atoms with van der Waals surface area (Å²) in [5.41, 5.74) is 2.74. The van der Waals surface area contributed by atoms with Crippen LogP contribution < -0.4 is 10.1 Å². The smallest absolute Gasteiger partial charge is 0.142 e. The lowest BCUT2D eigenvalue weighted by Gasteiger charge is -2.12.